The van der Waals surface area contributed by atoms with Crippen molar-refractivity contribution in [3.8, 4) is 5.75 Å². The van der Waals surface area contributed by atoms with Crippen LogP contribution in [-0.2, 0) is 6.42 Å². The largest absolute Gasteiger partial charge is 0.497 e. The Bertz CT molecular complexity index is 958. The van der Waals surface area contributed by atoms with Crippen LogP contribution < -0.4 is 10.1 Å². The zero-order chi connectivity index (χ0) is 16.0. The van der Waals surface area contributed by atoms with E-state index in [4.69, 9.17) is 4.74 Å². The minimum atomic E-state index is -0.312. The molecule has 0 saturated carbocycles. The number of ether oxygens (including phenoxy) is 1. The van der Waals surface area contributed by atoms with Crippen molar-refractivity contribution in [1.82, 2.24) is 5.32 Å². The fraction of sp³-hybridized carbons (Fsp3) is 0.111. The first-order valence-corrected chi connectivity index (χ1v) is 8.01. The van der Waals surface area contributed by atoms with E-state index >= 15 is 0 Å². The van der Waals surface area contributed by atoms with Crippen LogP contribution in [0.5, 0.6) is 5.75 Å². The minimum absolute atomic E-state index is 0.302. The van der Waals surface area contributed by atoms with Gasteiger partial charge in [-0.15, -0.1) is 11.3 Å². The van der Waals surface area contributed by atoms with E-state index < -0.39 is 0 Å². The van der Waals surface area contributed by atoms with Crippen molar-refractivity contribution in [3.63, 3.8) is 0 Å². The molecule has 23 heavy (non-hydrogen) atoms. The van der Waals surface area contributed by atoms with Gasteiger partial charge in [0.1, 0.15) is 5.75 Å². The van der Waals surface area contributed by atoms with Gasteiger partial charge >= 0.3 is 0 Å². The number of fused-ring (bicyclic) bond motifs is 2. The number of carbonyl (C=O) groups is 2. The van der Waals surface area contributed by atoms with Crippen molar-refractivity contribution < 1.29 is 14.3 Å². The van der Waals surface area contributed by atoms with Gasteiger partial charge in [0.15, 0.2) is 0 Å². The van der Waals surface area contributed by atoms with Crippen LogP contribution in [0, 0.1) is 0 Å². The summed E-state index contributed by atoms with van der Waals surface area (Å²) in [6, 6.07) is 13.5. The third-order valence-electron chi connectivity index (χ3n) is 3.99. The summed E-state index contributed by atoms with van der Waals surface area (Å²) < 4.78 is 6.40. The molecule has 0 unspecified atom stereocenters. The zero-order valence-corrected chi connectivity index (χ0v) is 13.2. The lowest BCUT2D eigenvalue weighted by Gasteiger charge is -2.03. The Labute approximate surface area is 136 Å². The number of methoxy groups -OCH3 is 1. The first-order chi connectivity index (χ1) is 11.2. The molecule has 2 aromatic carbocycles. The smallest absolute Gasteiger partial charge is 0.259 e. The summed E-state index contributed by atoms with van der Waals surface area (Å²) in [5.74, 6) is 0.216. The molecule has 0 radical (unpaired) electrons. The number of amides is 2. The van der Waals surface area contributed by atoms with Gasteiger partial charge in [0.05, 0.1) is 18.2 Å². The third-order valence-corrected chi connectivity index (χ3v) is 5.09. The molecule has 0 fully saturated rings. The van der Waals surface area contributed by atoms with E-state index in [9.17, 15) is 9.59 Å². The average Bonchev–Trinajstić information content (AvgIpc) is 3.07. The maximum Gasteiger partial charge on any atom is 0.259 e. The molecule has 4 nitrogen and oxygen atoms in total. The Balaban J connectivity index is 1.74. The fourth-order valence-corrected chi connectivity index (χ4v) is 4.02. The molecule has 0 spiro atoms. The molecule has 2 heterocycles. The van der Waals surface area contributed by atoms with E-state index in [1.165, 1.54) is 0 Å². The number of hydrogen-bond acceptors (Lipinski definition) is 4. The van der Waals surface area contributed by atoms with E-state index in [1.807, 2.05) is 30.3 Å². The van der Waals surface area contributed by atoms with Crippen LogP contribution in [0.3, 0.4) is 0 Å². The van der Waals surface area contributed by atoms with Gasteiger partial charge in [-0.3, -0.25) is 14.9 Å². The molecule has 0 aliphatic carbocycles. The van der Waals surface area contributed by atoms with Gasteiger partial charge in [-0.1, -0.05) is 12.1 Å². The van der Waals surface area contributed by atoms with Crippen molar-refractivity contribution in [1.29, 1.82) is 0 Å². The number of benzene rings is 2. The van der Waals surface area contributed by atoms with E-state index in [-0.39, 0.29) is 11.8 Å². The molecule has 1 N–H and O–H groups in total. The minimum Gasteiger partial charge on any atom is -0.497 e. The molecular formula is C18H13NO3S. The molecule has 1 aliphatic heterocycles. The van der Waals surface area contributed by atoms with Crippen LogP contribution in [0.1, 0.15) is 31.2 Å². The third kappa shape index (κ3) is 2.29. The second-order valence-corrected chi connectivity index (χ2v) is 6.58. The van der Waals surface area contributed by atoms with E-state index in [0.29, 0.717) is 17.5 Å². The molecule has 0 saturated heterocycles. The molecule has 5 heteroatoms. The van der Waals surface area contributed by atoms with Crippen molar-refractivity contribution in [2.24, 2.45) is 0 Å². The molecule has 114 valence electrons. The highest BCUT2D eigenvalue weighted by Crippen LogP contribution is 2.31. The molecule has 1 aromatic heterocycles. The number of hydrogen-bond donors (Lipinski definition) is 1. The molecule has 3 aromatic rings. The highest BCUT2D eigenvalue weighted by atomic mass is 32.1. The Morgan fingerprint density at radius 2 is 1.96 bits per heavy atom. The predicted octanol–water partition coefficient (Wildman–Crippen LogP) is 3.38. The number of carbonyl (C=O) groups excluding carboxylic acids is 2. The summed E-state index contributed by atoms with van der Waals surface area (Å²) in [6.07, 6.45) is 0.630. The highest BCUT2D eigenvalue weighted by molar-refractivity contribution is 7.19. The molecule has 2 amide bonds. The monoisotopic (exact) mass is 323 g/mol. The number of nitrogens with one attached hydrogen (secondary N) is 1. The Hall–Kier alpha value is -2.66. The second-order valence-electron chi connectivity index (χ2n) is 5.42. The van der Waals surface area contributed by atoms with Crippen LogP contribution in [0.2, 0.25) is 0 Å². The van der Waals surface area contributed by atoms with Gasteiger partial charge in [-0.2, -0.15) is 0 Å². The van der Waals surface area contributed by atoms with Crippen molar-refractivity contribution >= 4 is 33.2 Å². The van der Waals surface area contributed by atoms with Crippen molar-refractivity contribution in [2.45, 2.75) is 6.42 Å². The van der Waals surface area contributed by atoms with E-state index in [1.54, 1.807) is 24.5 Å². The standard InChI is InChI=1S/C18H13NO3S/c1-22-12-6-5-10-7-13(23-15(10)9-12)8-11-3-2-4-14-16(11)18(21)19-17(14)20/h2-7,9H,8H2,1H3,(H,19,20,21). The molecule has 0 atom stereocenters. The van der Waals surface area contributed by atoms with Gasteiger partial charge in [-0.25, -0.2) is 0 Å². The first-order valence-electron chi connectivity index (χ1n) is 7.20. The molecule has 1 aliphatic rings. The zero-order valence-electron chi connectivity index (χ0n) is 12.4. The lowest BCUT2D eigenvalue weighted by molar-refractivity contribution is 0.0879. The summed E-state index contributed by atoms with van der Waals surface area (Å²) >= 11 is 1.67. The lowest BCUT2D eigenvalue weighted by atomic mass is 9.99. The lowest BCUT2D eigenvalue weighted by Crippen LogP contribution is -2.20. The van der Waals surface area contributed by atoms with Crippen LogP contribution in [0.15, 0.2) is 42.5 Å². The van der Waals surface area contributed by atoms with Gasteiger partial charge in [0.25, 0.3) is 11.8 Å². The normalized spacial score (nSPS) is 13.3. The Morgan fingerprint density at radius 1 is 1.09 bits per heavy atom. The highest BCUT2D eigenvalue weighted by Gasteiger charge is 2.29. The number of rotatable bonds is 3. The van der Waals surface area contributed by atoms with Crippen molar-refractivity contribution in [2.75, 3.05) is 7.11 Å². The molecule has 4 rings (SSSR count). The fourth-order valence-electron chi connectivity index (χ4n) is 2.91. The second kappa shape index (κ2) is 5.21. The SMILES string of the molecule is COc1ccc2cc(Cc3cccc4c3C(=O)NC4=O)sc2c1. The van der Waals surface area contributed by atoms with Crippen LogP contribution in [0.4, 0.5) is 0 Å². The summed E-state index contributed by atoms with van der Waals surface area (Å²) in [7, 11) is 1.65. The Kier molecular flexibility index (Phi) is 3.16. The summed E-state index contributed by atoms with van der Waals surface area (Å²) in [5.41, 5.74) is 1.85. The van der Waals surface area contributed by atoms with Crippen molar-refractivity contribution in [3.05, 3.63) is 64.0 Å². The summed E-state index contributed by atoms with van der Waals surface area (Å²) in [4.78, 5) is 24.9. The first kappa shape index (κ1) is 14.0. The predicted molar refractivity (Wildman–Crippen MR) is 89.4 cm³/mol. The summed E-state index contributed by atoms with van der Waals surface area (Å²) in [5, 5.41) is 3.51. The van der Waals surface area contributed by atoms with E-state index in [0.717, 1.165) is 26.3 Å². The van der Waals surface area contributed by atoms with Gasteiger partial charge in [0, 0.05) is 16.0 Å². The van der Waals surface area contributed by atoms with Gasteiger partial charge < -0.3 is 4.74 Å². The van der Waals surface area contributed by atoms with Gasteiger partial charge in [0.2, 0.25) is 0 Å². The topological polar surface area (TPSA) is 55.4 Å². The Morgan fingerprint density at radius 3 is 2.78 bits per heavy atom. The van der Waals surface area contributed by atoms with Crippen LogP contribution in [-0.4, -0.2) is 18.9 Å². The number of imide groups is 1. The quantitative estimate of drug-likeness (QED) is 0.752. The summed E-state index contributed by atoms with van der Waals surface area (Å²) in [6.45, 7) is 0. The molecular weight excluding hydrogens is 310 g/mol. The van der Waals surface area contributed by atoms with Gasteiger partial charge in [-0.05, 0) is 41.3 Å². The molecule has 0 bridgehead atoms. The average molecular weight is 323 g/mol. The van der Waals surface area contributed by atoms with Crippen LogP contribution >= 0.6 is 11.3 Å². The number of thiophene rings is 1. The maximum atomic E-state index is 12.0. The maximum absolute atomic E-state index is 12.0. The van der Waals surface area contributed by atoms with Crippen LogP contribution in [0.25, 0.3) is 10.1 Å². The van der Waals surface area contributed by atoms with E-state index in [2.05, 4.69) is 11.4 Å².